The molecule has 1 aromatic carbocycles. The van der Waals surface area contributed by atoms with Crippen LogP contribution in [0.2, 0.25) is 5.02 Å². The Morgan fingerprint density at radius 1 is 1.56 bits per heavy atom. The molecule has 0 unspecified atom stereocenters. The summed E-state index contributed by atoms with van der Waals surface area (Å²) in [6.07, 6.45) is 0. The molecule has 0 saturated heterocycles. The minimum absolute atomic E-state index is 0.218. The minimum atomic E-state index is -0.218. The van der Waals surface area contributed by atoms with Crippen molar-refractivity contribution in [1.29, 1.82) is 0 Å². The summed E-state index contributed by atoms with van der Waals surface area (Å²) in [6, 6.07) is 4.80. The Morgan fingerprint density at radius 3 is 2.94 bits per heavy atom. The number of anilines is 1. The predicted octanol–water partition coefficient (Wildman–Crippen LogP) is 1.69. The van der Waals surface area contributed by atoms with Gasteiger partial charge in [0.1, 0.15) is 0 Å². The van der Waals surface area contributed by atoms with Crippen molar-refractivity contribution in [3.05, 3.63) is 28.8 Å². The molecule has 0 atom stereocenters. The van der Waals surface area contributed by atoms with Crippen LogP contribution in [0.1, 0.15) is 17.3 Å². The van der Waals surface area contributed by atoms with E-state index < -0.39 is 0 Å². The SMILES string of the molecule is CCOCCNC(=O)c1ccc(N)cc1Cl. The first-order valence-corrected chi connectivity index (χ1v) is 5.44. The Bertz CT molecular complexity index is 369. The average molecular weight is 243 g/mol. The molecule has 0 fully saturated rings. The molecule has 1 rings (SSSR count). The zero-order valence-corrected chi connectivity index (χ0v) is 9.88. The molecule has 1 amide bonds. The Kier molecular flexibility index (Phi) is 5.08. The molecule has 0 heterocycles. The molecule has 0 aliphatic carbocycles. The molecule has 1 aromatic rings. The highest BCUT2D eigenvalue weighted by Gasteiger charge is 2.09. The van der Waals surface area contributed by atoms with Crippen LogP contribution in [0.4, 0.5) is 5.69 Å². The lowest BCUT2D eigenvalue weighted by atomic mass is 10.2. The number of ether oxygens (including phenoxy) is 1. The Hall–Kier alpha value is -1.26. The van der Waals surface area contributed by atoms with Gasteiger partial charge in [-0.05, 0) is 25.1 Å². The second-order valence-electron chi connectivity index (χ2n) is 3.19. The first kappa shape index (κ1) is 12.8. The number of nitrogens with two attached hydrogens (primary N) is 1. The van der Waals surface area contributed by atoms with Gasteiger partial charge in [-0.1, -0.05) is 11.6 Å². The minimum Gasteiger partial charge on any atom is -0.399 e. The highest BCUT2D eigenvalue weighted by molar-refractivity contribution is 6.34. The van der Waals surface area contributed by atoms with Gasteiger partial charge in [0.25, 0.3) is 5.91 Å². The summed E-state index contributed by atoms with van der Waals surface area (Å²) in [4.78, 5) is 11.6. The summed E-state index contributed by atoms with van der Waals surface area (Å²) in [5.74, 6) is -0.218. The number of carbonyl (C=O) groups is 1. The van der Waals surface area contributed by atoms with Gasteiger partial charge < -0.3 is 15.8 Å². The van der Waals surface area contributed by atoms with Crippen LogP contribution in [-0.4, -0.2) is 25.7 Å². The highest BCUT2D eigenvalue weighted by atomic mass is 35.5. The maximum absolute atomic E-state index is 11.6. The number of hydrogen-bond donors (Lipinski definition) is 2. The third-order valence-electron chi connectivity index (χ3n) is 1.97. The van der Waals surface area contributed by atoms with Crippen molar-refractivity contribution in [2.45, 2.75) is 6.92 Å². The molecule has 4 nitrogen and oxygen atoms in total. The maximum atomic E-state index is 11.6. The van der Waals surface area contributed by atoms with E-state index in [0.29, 0.717) is 36.0 Å². The molecule has 16 heavy (non-hydrogen) atoms. The van der Waals surface area contributed by atoms with Crippen molar-refractivity contribution >= 4 is 23.2 Å². The fourth-order valence-corrected chi connectivity index (χ4v) is 1.47. The van der Waals surface area contributed by atoms with E-state index in [-0.39, 0.29) is 5.91 Å². The van der Waals surface area contributed by atoms with Gasteiger partial charge in [-0.25, -0.2) is 0 Å². The summed E-state index contributed by atoms with van der Waals surface area (Å²) in [5.41, 5.74) is 6.49. The molecule has 88 valence electrons. The van der Waals surface area contributed by atoms with Crippen LogP contribution in [0.5, 0.6) is 0 Å². The zero-order chi connectivity index (χ0) is 12.0. The third-order valence-corrected chi connectivity index (χ3v) is 2.29. The third kappa shape index (κ3) is 3.72. The molecule has 0 aromatic heterocycles. The number of carbonyl (C=O) groups excluding carboxylic acids is 1. The number of rotatable bonds is 5. The number of halogens is 1. The van der Waals surface area contributed by atoms with Crippen LogP contribution in [0.15, 0.2) is 18.2 Å². The number of nitrogen functional groups attached to an aromatic ring is 1. The van der Waals surface area contributed by atoms with Gasteiger partial charge >= 0.3 is 0 Å². The standard InChI is InChI=1S/C11H15ClN2O2/c1-2-16-6-5-14-11(15)9-4-3-8(13)7-10(9)12/h3-4,7H,2,5-6,13H2,1H3,(H,14,15). The van der Waals surface area contributed by atoms with E-state index in [0.717, 1.165) is 0 Å². The van der Waals surface area contributed by atoms with Gasteiger partial charge in [0.15, 0.2) is 0 Å². The summed E-state index contributed by atoms with van der Waals surface area (Å²) in [5, 5.41) is 3.06. The van der Waals surface area contributed by atoms with E-state index >= 15 is 0 Å². The fraction of sp³-hybridized carbons (Fsp3) is 0.364. The Labute approximate surface area is 99.7 Å². The number of hydrogen-bond acceptors (Lipinski definition) is 3. The van der Waals surface area contributed by atoms with Gasteiger partial charge in [0.2, 0.25) is 0 Å². The molecule has 5 heteroatoms. The van der Waals surface area contributed by atoms with Crippen LogP contribution >= 0.6 is 11.6 Å². The molecule has 0 spiro atoms. The second kappa shape index (κ2) is 6.35. The van der Waals surface area contributed by atoms with Gasteiger partial charge in [-0.2, -0.15) is 0 Å². The molecule has 3 N–H and O–H groups in total. The molecule has 0 radical (unpaired) electrons. The van der Waals surface area contributed by atoms with E-state index in [1.165, 1.54) is 0 Å². The summed E-state index contributed by atoms with van der Waals surface area (Å²) < 4.78 is 5.10. The van der Waals surface area contributed by atoms with Crippen molar-refractivity contribution in [2.24, 2.45) is 0 Å². The fourth-order valence-electron chi connectivity index (χ4n) is 1.19. The number of amides is 1. The number of benzene rings is 1. The molecule has 0 bridgehead atoms. The molecular formula is C11H15ClN2O2. The Balaban J connectivity index is 2.53. The van der Waals surface area contributed by atoms with Crippen molar-refractivity contribution in [2.75, 3.05) is 25.5 Å². The van der Waals surface area contributed by atoms with Crippen LogP contribution < -0.4 is 11.1 Å². The lowest BCUT2D eigenvalue weighted by molar-refractivity contribution is 0.0923. The number of nitrogens with one attached hydrogen (secondary N) is 1. The topological polar surface area (TPSA) is 64.3 Å². The van der Waals surface area contributed by atoms with Gasteiger partial charge in [-0.3, -0.25) is 4.79 Å². The van der Waals surface area contributed by atoms with Crippen molar-refractivity contribution in [3.8, 4) is 0 Å². The van der Waals surface area contributed by atoms with E-state index in [9.17, 15) is 4.79 Å². The zero-order valence-electron chi connectivity index (χ0n) is 9.13. The molecule has 0 aliphatic heterocycles. The summed E-state index contributed by atoms with van der Waals surface area (Å²) in [7, 11) is 0. The van der Waals surface area contributed by atoms with Gasteiger partial charge in [0, 0.05) is 18.8 Å². The van der Waals surface area contributed by atoms with Crippen LogP contribution in [0.25, 0.3) is 0 Å². The Morgan fingerprint density at radius 2 is 2.31 bits per heavy atom. The highest BCUT2D eigenvalue weighted by Crippen LogP contribution is 2.18. The monoisotopic (exact) mass is 242 g/mol. The van der Waals surface area contributed by atoms with Crippen LogP contribution in [-0.2, 0) is 4.74 Å². The quantitative estimate of drug-likeness (QED) is 0.610. The molecular weight excluding hydrogens is 228 g/mol. The van der Waals surface area contributed by atoms with Gasteiger partial charge in [0.05, 0.1) is 17.2 Å². The summed E-state index contributed by atoms with van der Waals surface area (Å²) in [6.45, 7) is 3.50. The van der Waals surface area contributed by atoms with Crippen LogP contribution in [0.3, 0.4) is 0 Å². The molecule has 0 saturated carbocycles. The van der Waals surface area contributed by atoms with E-state index in [1.807, 2.05) is 6.92 Å². The molecule has 0 aliphatic rings. The van der Waals surface area contributed by atoms with Crippen molar-refractivity contribution < 1.29 is 9.53 Å². The van der Waals surface area contributed by atoms with Crippen LogP contribution in [0, 0.1) is 0 Å². The lowest BCUT2D eigenvalue weighted by Crippen LogP contribution is -2.27. The second-order valence-corrected chi connectivity index (χ2v) is 3.60. The summed E-state index contributed by atoms with van der Waals surface area (Å²) >= 11 is 5.89. The van der Waals surface area contributed by atoms with E-state index in [2.05, 4.69) is 5.32 Å². The van der Waals surface area contributed by atoms with E-state index in [4.69, 9.17) is 22.1 Å². The van der Waals surface area contributed by atoms with Crippen molar-refractivity contribution in [3.63, 3.8) is 0 Å². The van der Waals surface area contributed by atoms with Crippen molar-refractivity contribution in [1.82, 2.24) is 5.32 Å². The maximum Gasteiger partial charge on any atom is 0.252 e. The lowest BCUT2D eigenvalue weighted by Gasteiger charge is -2.07. The predicted molar refractivity (Wildman–Crippen MR) is 64.7 cm³/mol. The van der Waals surface area contributed by atoms with E-state index in [1.54, 1.807) is 18.2 Å². The smallest absolute Gasteiger partial charge is 0.252 e. The average Bonchev–Trinajstić information content (AvgIpc) is 2.24. The van der Waals surface area contributed by atoms with Gasteiger partial charge in [-0.15, -0.1) is 0 Å². The first-order chi connectivity index (χ1) is 7.65. The normalized spacial score (nSPS) is 10.1. The first-order valence-electron chi connectivity index (χ1n) is 5.06. The largest absolute Gasteiger partial charge is 0.399 e.